The van der Waals surface area contributed by atoms with Crippen LogP contribution in [0.25, 0.3) is 0 Å². The fraction of sp³-hybridized carbons (Fsp3) is 0.682. The number of rotatable bonds is 15. The van der Waals surface area contributed by atoms with Gasteiger partial charge in [0.2, 0.25) is 0 Å². The van der Waals surface area contributed by atoms with Gasteiger partial charge in [-0.25, -0.2) is 0 Å². The minimum Gasteiger partial charge on any atom is -0.331 e. The Morgan fingerprint density at radius 2 is 1.50 bits per heavy atom. The zero-order chi connectivity index (χ0) is 19.1. The van der Waals surface area contributed by atoms with E-state index < -0.39 is 5.97 Å². The van der Waals surface area contributed by atoms with Crippen LogP contribution in [-0.2, 0) is 14.2 Å². The third-order valence-corrected chi connectivity index (χ3v) is 4.90. The largest absolute Gasteiger partial charge is 0.331 e. The monoisotopic (exact) mass is 363 g/mol. The maximum atomic E-state index is 5.62. The van der Waals surface area contributed by atoms with Crippen molar-refractivity contribution in [2.45, 2.75) is 70.7 Å². The lowest BCUT2D eigenvalue weighted by atomic mass is 9.93. The molecule has 0 radical (unpaired) electrons. The number of ether oxygens (including phenoxy) is 3. The van der Waals surface area contributed by atoms with Crippen molar-refractivity contribution >= 4 is 11.9 Å². The summed E-state index contributed by atoms with van der Waals surface area (Å²) in [4.78, 5) is 4.52. The van der Waals surface area contributed by atoms with Crippen LogP contribution in [0, 0.1) is 5.92 Å². The first-order chi connectivity index (χ1) is 12.7. The van der Waals surface area contributed by atoms with E-state index in [1.807, 2.05) is 36.5 Å². The van der Waals surface area contributed by atoms with Gasteiger partial charge < -0.3 is 14.2 Å². The Balaban J connectivity index is 2.55. The maximum Gasteiger partial charge on any atom is 0.285 e. The van der Waals surface area contributed by atoms with Crippen LogP contribution in [0.1, 0.15) is 64.7 Å². The van der Waals surface area contributed by atoms with E-state index in [1.165, 1.54) is 38.5 Å². The maximum absolute atomic E-state index is 5.62. The van der Waals surface area contributed by atoms with Crippen LogP contribution in [0.15, 0.2) is 35.3 Å². The molecule has 4 nitrogen and oxygen atoms in total. The van der Waals surface area contributed by atoms with E-state index in [-0.39, 0.29) is 5.92 Å². The van der Waals surface area contributed by atoms with E-state index in [1.54, 1.807) is 21.3 Å². The summed E-state index contributed by atoms with van der Waals surface area (Å²) in [5.74, 6) is -0.791. The molecule has 0 aliphatic rings. The smallest absolute Gasteiger partial charge is 0.285 e. The van der Waals surface area contributed by atoms with Gasteiger partial charge in [-0.1, -0.05) is 63.6 Å². The molecule has 0 amide bonds. The lowest BCUT2D eigenvalue weighted by molar-refractivity contribution is -0.380. The first kappa shape index (κ1) is 22.8. The molecule has 0 aromatic heterocycles. The highest BCUT2D eigenvalue weighted by Crippen LogP contribution is 2.32. The zero-order valence-corrected chi connectivity index (χ0v) is 17.1. The summed E-state index contributed by atoms with van der Waals surface area (Å²) >= 11 is 0. The average molecular weight is 364 g/mol. The number of hydrogen-bond acceptors (Lipinski definition) is 4. The van der Waals surface area contributed by atoms with Crippen molar-refractivity contribution in [2.24, 2.45) is 10.9 Å². The number of hydrogen-bond donors (Lipinski definition) is 0. The third-order valence-electron chi connectivity index (χ3n) is 4.90. The van der Waals surface area contributed by atoms with Crippen molar-refractivity contribution in [3.63, 3.8) is 0 Å². The van der Waals surface area contributed by atoms with Gasteiger partial charge in [-0.15, -0.1) is 0 Å². The second kappa shape index (κ2) is 13.9. The molecule has 0 aliphatic heterocycles. The standard InChI is InChI=1S/C22H37NO3/c1-5-6-7-8-9-11-15-20(22(24-2,25-3)26-4)16-14-19-23-21-17-12-10-13-18-21/h10,12-13,17-20H,5-9,11,14-16H2,1-4H3. The Morgan fingerprint density at radius 3 is 2.12 bits per heavy atom. The highest BCUT2D eigenvalue weighted by molar-refractivity contribution is 5.62. The second-order valence-corrected chi connectivity index (χ2v) is 6.69. The normalized spacial score (nSPS) is 13.4. The molecule has 0 fully saturated rings. The Bertz CT molecular complexity index is 463. The molecule has 0 bridgehead atoms. The molecule has 0 saturated carbocycles. The molecule has 0 spiro atoms. The molecule has 1 aromatic carbocycles. The summed E-state index contributed by atoms with van der Waals surface area (Å²) in [5.41, 5.74) is 0.983. The summed E-state index contributed by atoms with van der Waals surface area (Å²) in [7, 11) is 4.96. The molecule has 0 heterocycles. The molecule has 4 heteroatoms. The van der Waals surface area contributed by atoms with Crippen molar-refractivity contribution in [3.05, 3.63) is 30.3 Å². The number of benzene rings is 1. The van der Waals surface area contributed by atoms with E-state index in [9.17, 15) is 0 Å². The number of aliphatic imine (C=N–C) groups is 1. The average Bonchev–Trinajstić information content (AvgIpc) is 2.69. The van der Waals surface area contributed by atoms with Crippen LogP contribution in [-0.4, -0.2) is 33.5 Å². The number of nitrogens with zero attached hydrogens (tertiary/aromatic N) is 1. The molecule has 0 aliphatic carbocycles. The third kappa shape index (κ3) is 7.98. The van der Waals surface area contributed by atoms with Crippen LogP contribution < -0.4 is 0 Å². The van der Waals surface area contributed by atoms with E-state index >= 15 is 0 Å². The molecule has 1 rings (SSSR count). The van der Waals surface area contributed by atoms with Crippen LogP contribution in [0.5, 0.6) is 0 Å². The Labute approximate surface area is 160 Å². The van der Waals surface area contributed by atoms with Gasteiger partial charge >= 0.3 is 0 Å². The van der Waals surface area contributed by atoms with Gasteiger partial charge in [0.05, 0.1) is 5.69 Å². The van der Waals surface area contributed by atoms with Crippen molar-refractivity contribution < 1.29 is 14.2 Å². The molecular formula is C22H37NO3. The number of para-hydroxylation sites is 1. The van der Waals surface area contributed by atoms with Gasteiger partial charge in [-0.05, 0) is 31.4 Å². The first-order valence-electron chi connectivity index (χ1n) is 9.95. The van der Waals surface area contributed by atoms with Crippen molar-refractivity contribution in [1.82, 2.24) is 0 Å². The Hall–Kier alpha value is -1.23. The van der Waals surface area contributed by atoms with E-state index in [0.717, 1.165) is 24.9 Å². The summed E-state index contributed by atoms with van der Waals surface area (Å²) in [6.07, 6.45) is 12.5. The minimum absolute atomic E-state index is 0.177. The van der Waals surface area contributed by atoms with Crippen LogP contribution in [0.3, 0.4) is 0 Å². The SMILES string of the molecule is CCCCCCCCC(CCC=Nc1ccccc1)C(OC)(OC)OC. The topological polar surface area (TPSA) is 40.0 Å². The predicted octanol–water partition coefficient (Wildman–Crippen LogP) is 6.13. The van der Waals surface area contributed by atoms with Gasteiger partial charge in [-0.2, -0.15) is 0 Å². The second-order valence-electron chi connectivity index (χ2n) is 6.69. The fourth-order valence-corrected chi connectivity index (χ4v) is 3.38. The Kier molecular flexibility index (Phi) is 12.2. The van der Waals surface area contributed by atoms with E-state index in [4.69, 9.17) is 14.2 Å². The molecular weight excluding hydrogens is 326 g/mol. The molecule has 1 aromatic rings. The zero-order valence-electron chi connectivity index (χ0n) is 17.1. The number of methoxy groups -OCH3 is 3. The molecule has 148 valence electrons. The molecule has 26 heavy (non-hydrogen) atoms. The summed E-state index contributed by atoms with van der Waals surface area (Å²) < 4.78 is 16.9. The lowest BCUT2D eigenvalue weighted by Crippen LogP contribution is -2.44. The molecule has 0 N–H and O–H groups in total. The quantitative estimate of drug-likeness (QED) is 0.214. The van der Waals surface area contributed by atoms with Gasteiger partial charge in [-0.3, -0.25) is 4.99 Å². The van der Waals surface area contributed by atoms with Crippen molar-refractivity contribution in [3.8, 4) is 0 Å². The minimum atomic E-state index is -0.968. The Morgan fingerprint density at radius 1 is 0.885 bits per heavy atom. The molecule has 1 unspecified atom stereocenters. The van der Waals surface area contributed by atoms with Gasteiger partial charge in [0.25, 0.3) is 5.97 Å². The van der Waals surface area contributed by atoms with E-state index in [2.05, 4.69) is 11.9 Å². The highest BCUT2D eigenvalue weighted by atomic mass is 16.9. The van der Waals surface area contributed by atoms with Crippen molar-refractivity contribution in [1.29, 1.82) is 0 Å². The van der Waals surface area contributed by atoms with Crippen LogP contribution in [0.2, 0.25) is 0 Å². The van der Waals surface area contributed by atoms with Crippen LogP contribution >= 0.6 is 0 Å². The summed E-state index contributed by atoms with van der Waals surface area (Å²) in [6.45, 7) is 2.25. The number of unbranched alkanes of at least 4 members (excludes halogenated alkanes) is 5. The fourth-order valence-electron chi connectivity index (χ4n) is 3.38. The lowest BCUT2D eigenvalue weighted by Gasteiger charge is -2.36. The highest BCUT2D eigenvalue weighted by Gasteiger charge is 2.39. The summed E-state index contributed by atoms with van der Waals surface area (Å²) in [5, 5.41) is 0. The molecule has 0 saturated heterocycles. The molecule has 1 atom stereocenters. The summed E-state index contributed by atoms with van der Waals surface area (Å²) in [6, 6.07) is 10.0. The van der Waals surface area contributed by atoms with Crippen molar-refractivity contribution in [2.75, 3.05) is 21.3 Å². The van der Waals surface area contributed by atoms with Gasteiger partial charge in [0.15, 0.2) is 0 Å². The van der Waals surface area contributed by atoms with Crippen LogP contribution in [0.4, 0.5) is 5.69 Å². The first-order valence-corrected chi connectivity index (χ1v) is 9.95. The van der Waals surface area contributed by atoms with Gasteiger partial charge in [0.1, 0.15) is 0 Å². The predicted molar refractivity (Wildman–Crippen MR) is 109 cm³/mol. The van der Waals surface area contributed by atoms with E-state index in [0.29, 0.717) is 0 Å². The van der Waals surface area contributed by atoms with Gasteiger partial charge in [0, 0.05) is 33.5 Å².